The van der Waals surface area contributed by atoms with Gasteiger partial charge in [0.1, 0.15) is 5.78 Å². The van der Waals surface area contributed by atoms with Crippen molar-refractivity contribution in [2.24, 2.45) is 17.8 Å². The molecule has 3 fully saturated rings. The van der Waals surface area contributed by atoms with Crippen LogP contribution in [-0.4, -0.2) is 37.4 Å². The summed E-state index contributed by atoms with van der Waals surface area (Å²) in [5.41, 5.74) is 1.88. The quantitative estimate of drug-likeness (QED) is 0.742. The molecule has 2 bridgehead atoms. The molecule has 162 valence electrons. The van der Waals surface area contributed by atoms with E-state index in [1.165, 1.54) is 31.4 Å². The van der Waals surface area contributed by atoms with E-state index in [0.717, 1.165) is 32.4 Å². The number of ether oxygens (including phenoxy) is 1. The van der Waals surface area contributed by atoms with Gasteiger partial charge in [0.15, 0.2) is 6.61 Å². The third-order valence-corrected chi connectivity index (χ3v) is 6.85. The summed E-state index contributed by atoms with van der Waals surface area (Å²) in [5.74, 6) is -0.590. The van der Waals surface area contributed by atoms with E-state index in [4.69, 9.17) is 4.74 Å². The van der Waals surface area contributed by atoms with Crippen molar-refractivity contribution in [2.75, 3.05) is 29.9 Å². The maximum absolute atomic E-state index is 12.4. The van der Waals surface area contributed by atoms with E-state index in [1.54, 1.807) is 0 Å². The molecular weight excluding hydrogens is 380 g/mol. The predicted molar refractivity (Wildman–Crippen MR) is 115 cm³/mol. The highest BCUT2D eigenvalue weighted by Crippen LogP contribution is 2.40. The highest BCUT2D eigenvalue weighted by molar-refractivity contribution is 5.93. The molecule has 2 saturated carbocycles. The first kappa shape index (κ1) is 20.9. The molecular formula is C24H32N2O4. The Kier molecular flexibility index (Phi) is 6.70. The van der Waals surface area contributed by atoms with E-state index in [0.29, 0.717) is 24.3 Å². The normalized spacial score (nSPS) is 26.6. The maximum Gasteiger partial charge on any atom is 0.309 e. The van der Waals surface area contributed by atoms with Gasteiger partial charge in [0.2, 0.25) is 0 Å². The van der Waals surface area contributed by atoms with Gasteiger partial charge in [-0.1, -0.05) is 19.3 Å². The topological polar surface area (TPSA) is 75.7 Å². The molecule has 30 heavy (non-hydrogen) atoms. The number of carbonyl (C=O) groups is 3. The number of hydrogen-bond donors (Lipinski definition) is 1. The molecule has 6 nitrogen and oxygen atoms in total. The molecule has 1 heterocycles. The van der Waals surface area contributed by atoms with Crippen LogP contribution in [0.5, 0.6) is 0 Å². The smallest absolute Gasteiger partial charge is 0.309 e. The Morgan fingerprint density at radius 3 is 2.20 bits per heavy atom. The molecule has 1 aromatic rings. The molecule has 6 heteroatoms. The van der Waals surface area contributed by atoms with Crippen LogP contribution in [0.1, 0.15) is 57.8 Å². The minimum atomic E-state index is -0.342. The molecule has 0 aromatic heterocycles. The number of esters is 1. The number of rotatable bonds is 5. The molecule has 0 unspecified atom stereocenters. The van der Waals surface area contributed by atoms with E-state index in [-0.39, 0.29) is 36.2 Å². The molecule has 2 atom stereocenters. The summed E-state index contributed by atoms with van der Waals surface area (Å²) >= 11 is 0. The number of anilines is 2. The standard InChI is InChI=1S/C24H32N2O4/c27-22(16-30-24(29)19-14-17-6-5-7-18(15-19)23(17)28)25-20-8-10-21(11-9-20)26-12-3-1-2-4-13-26/h8-11,17-19H,1-7,12-16H2,(H,25,27)/t17-,18-/m0/s1. The van der Waals surface area contributed by atoms with Gasteiger partial charge in [-0.15, -0.1) is 0 Å². The summed E-state index contributed by atoms with van der Waals surface area (Å²) in [6.45, 7) is 1.87. The van der Waals surface area contributed by atoms with Gasteiger partial charge >= 0.3 is 5.97 Å². The lowest BCUT2D eigenvalue weighted by molar-refractivity contribution is -0.155. The Balaban J connectivity index is 1.23. The van der Waals surface area contributed by atoms with Crippen LogP contribution in [0.25, 0.3) is 0 Å². The first-order valence-electron chi connectivity index (χ1n) is 11.5. The van der Waals surface area contributed by atoms with Crippen molar-refractivity contribution in [2.45, 2.75) is 57.8 Å². The lowest BCUT2D eigenvalue weighted by Gasteiger charge is -2.36. The second kappa shape index (κ2) is 9.63. The summed E-state index contributed by atoms with van der Waals surface area (Å²) < 4.78 is 5.28. The van der Waals surface area contributed by atoms with Crippen LogP contribution < -0.4 is 10.2 Å². The van der Waals surface area contributed by atoms with Gasteiger partial charge in [-0.05, 0) is 62.8 Å². The fourth-order valence-corrected chi connectivity index (χ4v) is 5.21. The molecule has 1 aliphatic heterocycles. The molecule has 4 rings (SSSR count). The Labute approximate surface area is 178 Å². The van der Waals surface area contributed by atoms with E-state index in [9.17, 15) is 14.4 Å². The first-order chi connectivity index (χ1) is 14.6. The van der Waals surface area contributed by atoms with Crippen LogP contribution in [0.4, 0.5) is 11.4 Å². The SMILES string of the molecule is O=C(COC(=O)C1C[C@@H]2CCC[C@@H](C1)C2=O)Nc1ccc(N2CCCCCC2)cc1. The van der Waals surface area contributed by atoms with E-state index < -0.39 is 0 Å². The number of nitrogens with one attached hydrogen (secondary N) is 1. The number of fused-ring (bicyclic) bond motifs is 2. The van der Waals surface area contributed by atoms with Gasteiger partial charge in [0, 0.05) is 36.3 Å². The number of ketones is 1. The van der Waals surface area contributed by atoms with Gasteiger partial charge in [-0.2, -0.15) is 0 Å². The van der Waals surface area contributed by atoms with E-state index >= 15 is 0 Å². The lowest BCUT2D eigenvalue weighted by Crippen LogP contribution is -2.40. The fraction of sp³-hybridized carbons (Fsp3) is 0.625. The molecule has 1 aromatic carbocycles. The number of benzene rings is 1. The Hall–Kier alpha value is -2.37. The van der Waals surface area contributed by atoms with Crippen molar-refractivity contribution < 1.29 is 19.1 Å². The van der Waals surface area contributed by atoms with Gasteiger partial charge in [0.25, 0.3) is 5.91 Å². The highest BCUT2D eigenvalue weighted by atomic mass is 16.5. The van der Waals surface area contributed by atoms with Crippen molar-refractivity contribution in [1.82, 2.24) is 0 Å². The van der Waals surface area contributed by atoms with Crippen molar-refractivity contribution in [1.29, 1.82) is 0 Å². The number of hydrogen-bond acceptors (Lipinski definition) is 5. The van der Waals surface area contributed by atoms with Crippen LogP contribution >= 0.6 is 0 Å². The lowest BCUT2D eigenvalue weighted by atomic mass is 9.67. The molecule has 1 N–H and O–H groups in total. The third-order valence-electron chi connectivity index (χ3n) is 6.85. The van der Waals surface area contributed by atoms with Crippen LogP contribution in [0.2, 0.25) is 0 Å². The monoisotopic (exact) mass is 412 g/mol. The average Bonchev–Trinajstić information content (AvgIpc) is 3.02. The molecule has 2 aliphatic carbocycles. The van der Waals surface area contributed by atoms with Gasteiger partial charge in [0.05, 0.1) is 5.92 Å². The van der Waals surface area contributed by atoms with Crippen molar-refractivity contribution in [3.05, 3.63) is 24.3 Å². The van der Waals surface area contributed by atoms with Crippen LogP contribution in [0, 0.1) is 17.8 Å². The summed E-state index contributed by atoms with van der Waals surface area (Å²) in [6, 6.07) is 7.86. The Morgan fingerprint density at radius 1 is 0.933 bits per heavy atom. The molecule has 0 radical (unpaired) electrons. The summed E-state index contributed by atoms with van der Waals surface area (Å²) in [4.78, 5) is 39.2. The molecule has 1 saturated heterocycles. The van der Waals surface area contributed by atoms with Crippen LogP contribution in [0.15, 0.2) is 24.3 Å². The zero-order chi connectivity index (χ0) is 20.9. The van der Waals surface area contributed by atoms with Crippen molar-refractivity contribution >= 4 is 29.0 Å². The zero-order valence-corrected chi connectivity index (χ0v) is 17.6. The van der Waals surface area contributed by atoms with E-state index in [2.05, 4.69) is 10.2 Å². The van der Waals surface area contributed by atoms with Gasteiger partial charge < -0.3 is 15.0 Å². The van der Waals surface area contributed by atoms with Crippen LogP contribution in [-0.2, 0) is 19.1 Å². The zero-order valence-electron chi connectivity index (χ0n) is 17.6. The maximum atomic E-state index is 12.4. The summed E-state index contributed by atoms with van der Waals surface area (Å²) in [6.07, 6.45) is 9.02. The predicted octanol–water partition coefficient (Wildman–Crippen LogP) is 3.94. The summed E-state index contributed by atoms with van der Waals surface area (Å²) in [7, 11) is 0. The fourth-order valence-electron chi connectivity index (χ4n) is 5.21. The molecule has 0 spiro atoms. The second-order valence-electron chi connectivity index (χ2n) is 9.00. The third kappa shape index (κ3) is 5.02. The van der Waals surface area contributed by atoms with Gasteiger partial charge in [-0.3, -0.25) is 14.4 Å². The Bertz CT molecular complexity index is 752. The summed E-state index contributed by atoms with van der Waals surface area (Å²) in [5, 5.41) is 2.80. The van der Waals surface area contributed by atoms with Crippen molar-refractivity contribution in [3.8, 4) is 0 Å². The minimum absolute atomic E-state index is 0.00610. The Morgan fingerprint density at radius 2 is 1.57 bits per heavy atom. The number of nitrogens with zero attached hydrogens (tertiary/aromatic N) is 1. The molecule has 3 aliphatic rings. The van der Waals surface area contributed by atoms with Gasteiger partial charge in [-0.25, -0.2) is 0 Å². The molecule has 1 amide bonds. The largest absolute Gasteiger partial charge is 0.455 e. The van der Waals surface area contributed by atoms with Crippen molar-refractivity contribution in [3.63, 3.8) is 0 Å². The average molecular weight is 413 g/mol. The first-order valence-corrected chi connectivity index (χ1v) is 11.5. The highest BCUT2D eigenvalue weighted by Gasteiger charge is 2.41. The number of Topliss-reactive ketones (excluding diaryl/α,β-unsaturated/α-hetero) is 1. The second-order valence-corrected chi connectivity index (χ2v) is 9.00. The number of carbonyl (C=O) groups excluding carboxylic acids is 3. The minimum Gasteiger partial charge on any atom is -0.455 e. The van der Waals surface area contributed by atoms with E-state index in [1.807, 2.05) is 24.3 Å². The number of amides is 1. The van der Waals surface area contributed by atoms with Crippen LogP contribution in [0.3, 0.4) is 0 Å².